The first kappa shape index (κ1) is 31.4. The van der Waals surface area contributed by atoms with Crippen molar-refractivity contribution in [2.24, 2.45) is 0 Å². The van der Waals surface area contributed by atoms with Crippen molar-refractivity contribution in [2.45, 2.75) is 24.2 Å². The largest absolute Gasteiger partial charge is 0.439 e. The molecular formula is C25H28ClN4O10S3+. The third-order valence-electron chi connectivity index (χ3n) is 6.77. The van der Waals surface area contributed by atoms with Gasteiger partial charge in [-0.05, 0) is 49.4 Å². The SMILES string of the molecule is CC[n+]1c(C=CC=C2Oc3ccc(Cl)cc3N2CS(=O)(=O)O)n(CS(=O)(=O)O)c2cc(S(=O)(=O)N3CCOCC3)ccc21. The van der Waals surface area contributed by atoms with Crippen LogP contribution in [0.2, 0.25) is 5.02 Å². The molecule has 0 amide bonds. The summed E-state index contributed by atoms with van der Waals surface area (Å²) < 4.78 is 109. The molecule has 0 saturated carbocycles. The molecule has 1 aromatic heterocycles. The number of anilines is 1. The molecule has 232 valence electrons. The summed E-state index contributed by atoms with van der Waals surface area (Å²) in [6.45, 7) is 3.01. The fraction of sp³-hybridized carbons (Fsp3) is 0.320. The maximum absolute atomic E-state index is 13.3. The van der Waals surface area contributed by atoms with Crippen molar-refractivity contribution >= 4 is 64.7 Å². The van der Waals surface area contributed by atoms with Gasteiger partial charge in [-0.2, -0.15) is 21.1 Å². The van der Waals surface area contributed by atoms with Gasteiger partial charge in [0.05, 0.1) is 30.3 Å². The highest BCUT2D eigenvalue weighted by atomic mass is 35.5. The number of halogens is 1. The maximum Gasteiger partial charge on any atom is 0.304 e. The van der Waals surface area contributed by atoms with Gasteiger partial charge < -0.3 is 9.47 Å². The van der Waals surface area contributed by atoms with Gasteiger partial charge in [0, 0.05) is 30.3 Å². The summed E-state index contributed by atoms with van der Waals surface area (Å²) in [5.74, 6) is -1.08. The molecule has 1 fully saturated rings. The number of ether oxygens (including phenoxy) is 2. The zero-order chi connectivity index (χ0) is 31.2. The van der Waals surface area contributed by atoms with Crippen LogP contribution in [-0.2, 0) is 47.4 Å². The van der Waals surface area contributed by atoms with E-state index in [-0.39, 0.29) is 48.4 Å². The highest BCUT2D eigenvalue weighted by molar-refractivity contribution is 7.89. The number of hydrogen-bond donors (Lipinski definition) is 2. The smallest absolute Gasteiger partial charge is 0.304 e. The molecule has 0 spiro atoms. The van der Waals surface area contributed by atoms with Crippen molar-refractivity contribution in [3.63, 3.8) is 0 Å². The van der Waals surface area contributed by atoms with Gasteiger partial charge in [0.1, 0.15) is 0 Å². The number of fused-ring (bicyclic) bond motifs is 2. The minimum atomic E-state index is -4.58. The Morgan fingerprint density at radius 2 is 1.67 bits per heavy atom. The Morgan fingerprint density at radius 3 is 2.33 bits per heavy atom. The first-order chi connectivity index (χ1) is 20.2. The molecule has 0 aliphatic carbocycles. The summed E-state index contributed by atoms with van der Waals surface area (Å²) in [5, 5.41) is 0.313. The van der Waals surface area contributed by atoms with E-state index >= 15 is 0 Å². The molecule has 14 nitrogen and oxygen atoms in total. The highest BCUT2D eigenvalue weighted by Gasteiger charge is 2.32. The lowest BCUT2D eigenvalue weighted by Gasteiger charge is -2.25. The minimum absolute atomic E-state index is 0.0329. The van der Waals surface area contributed by atoms with E-state index in [2.05, 4.69) is 0 Å². The van der Waals surface area contributed by atoms with E-state index < -0.39 is 42.0 Å². The predicted molar refractivity (Wildman–Crippen MR) is 157 cm³/mol. The van der Waals surface area contributed by atoms with Crippen molar-refractivity contribution in [3.05, 3.63) is 65.3 Å². The van der Waals surface area contributed by atoms with E-state index in [0.29, 0.717) is 28.5 Å². The number of sulfonamides is 1. The maximum atomic E-state index is 13.3. The summed E-state index contributed by atoms with van der Waals surface area (Å²) in [5.41, 5.74) is 1.06. The number of nitrogens with zero attached hydrogens (tertiary/aromatic N) is 4. The molecule has 2 aromatic carbocycles. The molecular weight excluding hydrogens is 648 g/mol. The Labute approximate surface area is 253 Å². The number of aromatic nitrogens is 2. The van der Waals surface area contributed by atoms with E-state index in [0.717, 1.165) is 0 Å². The molecule has 43 heavy (non-hydrogen) atoms. The number of rotatable bonds is 9. The summed E-state index contributed by atoms with van der Waals surface area (Å²) in [4.78, 5) is 1.15. The molecule has 0 radical (unpaired) electrons. The fourth-order valence-corrected chi connectivity index (χ4v) is 7.74. The number of allylic oxidation sites excluding steroid dienone is 2. The lowest BCUT2D eigenvalue weighted by atomic mass is 10.3. The molecule has 0 unspecified atom stereocenters. The summed E-state index contributed by atoms with van der Waals surface area (Å²) >= 11 is 6.07. The van der Waals surface area contributed by atoms with E-state index in [9.17, 15) is 34.4 Å². The number of imidazole rings is 1. The van der Waals surface area contributed by atoms with Crippen LogP contribution in [0, 0.1) is 0 Å². The van der Waals surface area contributed by atoms with Crippen molar-refractivity contribution in [2.75, 3.05) is 37.1 Å². The highest BCUT2D eigenvalue weighted by Crippen LogP contribution is 2.40. The average molecular weight is 676 g/mol. The van der Waals surface area contributed by atoms with Crippen molar-refractivity contribution in [1.82, 2.24) is 8.87 Å². The molecule has 3 aromatic rings. The molecule has 18 heteroatoms. The van der Waals surface area contributed by atoms with Crippen molar-refractivity contribution in [3.8, 4) is 5.75 Å². The van der Waals surface area contributed by atoms with Crippen molar-refractivity contribution in [1.29, 1.82) is 0 Å². The molecule has 3 heterocycles. The number of benzene rings is 2. The number of aryl methyl sites for hydroxylation is 1. The van der Waals surface area contributed by atoms with E-state index in [1.54, 1.807) is 23.6 Å². The normalized spacial score (nSPS) is 17.7. The Morgan fingerprint density at radius 1 is 0.977 bits per heavy atom. The zero-order valence-corrected chi connectivity index (χ0v) is 25.9. The van der Waals surface area contributed by atoms with Gasteiger partial charge in [0.2, 0.25) is 21.8 Å². The topological polar surface area (TPSA) is 177 Å². The van der Waals surface area contributed by atoms with Crippen LogP contribution in [0.1, 0.15) is 12.7 Å². The molecule has 0 bridgehead atoms. The average Bonchev–Trinajstić information content (AvgIpc) is 3.41. The predicted octanol–water partition coefficient (Wildman–Crippen LogP) is 2.07. The molecule has 5 rings (SSSR count). The summed E-state index contributed by atoms with van der Waals surface area (Å²) in [6.07, 6.45) is 4.37. The Balaban J connectivity index is 1.60. The summed E-state index contributed by atoms with van der Waals surface area (Å²) in [7, 11) is -13.0. The quantitative estimate of drug-likeness (QED) is 0.251. The minimum Gasteiger partial charge on any atom is -0.439 e. The van der Waals surface area contributed by atoms with Crippen LogP contribution in [0.5, 0.6) is 5.75 Å². The van der Waals surface area contributed by atoms with Crippen LogP contribution < -0.4 is 14.2 Å². The summed E-state index contributed by atoms with van der Waals surface area (Å²) in [6, 6.07) is 8.93. The van der Waals surface area contributed by atoms with Crippen molar-refractivity contribution < 1.29 is 48.4 Å². The van der Waals surface area contributed by atoms with Gasteiger partial charge >= 0.3 is 10.1 Å². The third-order valence-corrected chi connectivity index (χ3v) is 10.1. The molecule has 1 saturated heterocycles. The standard InChI is InChI=1S/C25H27ClN4O10S3/c1-2-28-20-8-7-19(43(37,38)27-10-12-39-13-11-27)15-21(20)29(16-41(31,32)33)24(28)4-3-5-25-30(17-42(34,35)36)22-14-18(26)6-9-23(22)40-25/h3-9,14-15H,2,10-13,16-17H2,1H3,(H-,31,32,33,34,35,36)/p+1. The van der Waals surface area contributed by atoms with Gasteiger partial charge in [-0.15, -0.1) is 0 Å². The molecule has 0 atom stereocenters. The Bertz CT molecular complexity index is 1970. The van der Waals surface area contributed by atoms with E-state index in [1.165, 1.54) is 56.3 Å². The lowest BCUT2D eigenvalue weighted by molar-refractivity contribution is -0.670. The van der Waals surface area contributed by atoms with Crippen LogP contribution in [0.25, 0.3) is 17.1 Å². The van der Waals surface area contributed by atoms with Crippen LogP contribution in [0.15, 0.2) is 59.3 Å². The Hall–Kier alpha value is -3.03. The van der Waals surface area contributed by atoms with Crippen LogP contribution >= 0.6 is 11.6 Å². The van der Waals surface area contributed by atoms with Crippen LogP contribution in [-0.4, -0.2) is 75.4 Å². The number of morpholine rings is 1. The third kappa shape index (κ3) is 6.73. The van der Waals surface area contributed by atoms with Gasteiger partial charge in [0.15, 0.2) is 22.7 Å². The fourth-order valence-electron chi connectivity index (χ4n) is 4.96. The zero-order valence-electron chi connectivity index (χ0n) is 22.7. The second-order valence-corrected chi connectivity index (χ2v) is 14.8. The lowest BCUT2D eigenvalue weighted by Crippen LogP contribution is -2.40. The van der Waals surface area contributed by atoms with Gasteiger partial charge in [-0.25, -0.2) is 17.6 Å². The molecule has 2 aliphatic rings. The van der Waals surface area contributed by atoms with Crippen LogP contribution in [0.4, 0.5) is 5.69 Å². The second-order valence-electron chi connectivity index (χ2n) is 9.63. The second kappa shape index (κ2) is 11.8. The van der Waals surface area contributed by atoms with Gasteiger partial charge in [-0.3, -0.25) is 14.0 Å². The van der Waals surface area contributed by atoms with E-state index in [4.69, 9.17) is 21.1 Å². The van der Waals surface area contributed by atoms with E-state index in [1.807, 2.05) is 0 Å². The molecule has 2 N–H and O–H groups in total. The monoisotopic (exact) mass is 675 g/mol. The first-order valence-corrected chi connectivity index (χ1v) is 17.9. The first-order valence-electron chi connectivity index (χ1n) is 12.9. The van der Waals surface area contributed by atoms with Gasteiger partial charge in [0.25, 0.3) is 15.9 Å². The van der Waals surface area contributed by atoms with Gasteiger partial charge in [-0.1, -0.05) is 11.6 Å². The van der Waals surface area contributed by atoms with Crippen LogP contribution in [0.3, 0.4) is 0 Å². The number of hydrogen-bond acceptors (Lipinski definition) is 9. The molecule has 2 aliphatic heterocycles. The Kier molecular flexibility index (Phi) is 8.62.